The molecule has 0 saturated heterocycles. The molecule has 0 spiro atoms. The Labute approximate surface area is 171 Å². The summed E-state index contributed by atoms with van der Waals surface area (Å²) < 4.78 is 1.53. The van der Waals surface area contributed by atoms with Gasteiger partial charge in [-0.25, -0.2) is 19.4 Å². The van der Waals surface area contributed by atoms with Gasteiger partial charge < -0.3 is 10.8 Å². The summed E-state index contributed by atoms with van der Waals surface area (Å²) in [6, 6.07) is 17.5. The van der Waals surface area contributed by atoms with E-state index < -0.39 is 5.97 Å². The molecule has 0 aliphatic heterocycles. The van der Waals surface area contributed by atoms with Crippen molar-refractivity contribution < 1.29 is 9.90 Å². The van der Waals surface area contributed by atoms with Crippen LogP contribution in [0.4, 0.5) is 5.95 Å². The predicted octanol–water partition coefficient (Wildman–Crippen LogP) is 2.60. The maximum atomic E-state index is 11.4. The maximum Gasteiger partial charge on any atom is 0.336 e. The number of hydrogen-bond donors (Lipinski definition) is 2. The Morgan fingerprint density at radius 2 is 1.87 bits per heavy atom. The number of hydrogen-bond acceptors (Lipinski definition) is 7. The first-order valence-corrected chi connectivity index (χ1v) is 8.90. The summed E-state index contributed by atoms with van der Waals surface area (Å²) in [6.07, 6.45) is 1.66. The van der Waals surface area contributed by atoms with E-state index in [2.05, 4.69) is 26.3 Å². The van der Waals surface area contributed by atoms with E-state index in [1.54, 1.807) is 54.7 Å². The zero-order valence-electron chi connectivity index (χ0n) is 15.6. The molecule has 4 rings (SSSR count). The van der Waals surface area contributed by atoms with Crippen LogP contribution in [0.25, 0.3) is 22.6 Å². The third kappa shape index (κ3) is 3.83. The lowest BCUT2D eigenvalue weighted by Gasteiger charge is -2.05. The van der Waals surface area contributed by atoms with Crippen LogP contribution in [0.1, 0.15) is 21.5 Å². The number of aromatic nitrogens is 5. The molecular weight excluding hydrogens is 382 g/mol. The highest BCUT2D eigenvalue weighted by molar-refractivity contribution is 5.89. The molecule has 3 N–H and O–H groups in total. The van der Waals surface area contributed by atoms with Crippen molar-refractivity contribution in [2.45, 2.75) is 6.54 Å². The minimum absolute atomic E-state index is 0.0654. The van der Waals surface area contributed by atoms with Gasteiger partial charge in [0.1, 0.15) is 5.69 Å². The molecular formula is C21H15N7O2. The Hall–Kier alpha value is -4.58. The van der Waals surface area contributed by atoms with Gasteiger partial charge in [-0.15, -0.1) is 5.10 Å². The van der Waals surface area contributed by atoms with E-state index in [0.29, 0.717) is 28.2 Å². The molecule has 9 heteroatoms. The lowest BCUT2D eigenvalue weighted by Crippen LogP contribution is -2.07. The minimum atomic E-state index is -1.00. The van der Waals surface area contributed by atoms with E-state index in [4.69, 9.17) is 11.0 Å². The van der Waals surface area contributed by atoms with E-state index in [1.165, 1.54) is 4.68 Å². The quantitative estimate of drug-likeness (QED) is 0.523. The number of nitrogens with two attached hydrogens (primary N) is 1. The molecule has 0 radical (unpaired) electrons. The van der Waals surface area contributed by atoms with Gasteiger partial charge in [0.2, 0.25) is 5.95 Å². The van der Waals surface area contributed by atoms with E-state index in [9.17, 15) is 9.90 Å². The Bertz CT molecular complexity index is 1290. The van der Waals surface area contributed by atoms with Crippen LogP contribution < -0.4 is 5.73 Å². The van der Waals surface area contributed by atoms with Gasteiger partial charge in [-0.2, -0.15) is 5.26 Å². The lowest BCUT2D eigenvalue weighted by molar-refractivity contribution is 0.0695. The first-order chi connectivity index (χ1) is 14.5. The van der Waals surface area contributed by atoms with E-state index in [0.717, 1.165) is 5.56 Å². The summed E-state index contributed by atoms with van der Waals surface area (Å²) in [7, 11) is 0. The first-order valence-electron chi connectivity index (χ1n) is 8.90. The highest BCUT2D eigenvalue weighted by Gasteiger charge is 2.13. The van der Waals surface area contributed by atoms with Crippen molar-refractivity contribution in [1.82, 2.24) is 25.0 Å². The van der Waals surface area contributed by atoms with Gasteiger partial charge in [-0.1, -0.05) is 35.5 Å². The van der Waals surface area contributed by atoms with Gasteiger partial charge in [0, 0.05) is 5.56 Å². The molecule has 0 fully saturated rings. The number of carboxylic acids is 1. The van der Waals surface area contributed by atoms with Crippen LogP contribution in [-0.4, -0.2) is 36.0 Å². The third-order valence-corrected chi connectivity index (χ3v) is 4.41. The first kappa shape index (κ1) is 18.8. The smallest absolute Gasteiger partial charge is 0.336 e. The third-order valence-electron chi connectivity index (χ3n) is 4.41. The van der Waals surface area contributed by atoms with Gasteiger partial charge in [-0.3, -0.25) is 0 Å². The number of aromatic carboxylic acids is 1. The average Bonchev–Trinajstić information content (AvgIpc) is 3.22. The largest absolute Gasteiger partial charge is 0.478 e. The molecule has 0 aliphatic rings. The molecule has 0 unspecified atom stereocenters. The molecule has 9 nitrogen and oxygen atoms in total. The second-order valence-electron chi connectivity index (χ2n) is 6.45. The van der Waals surface area contributed by atoms with Crippen LogP contribution >= 0.6 is 0 Å². The van der Waals surface area contributed by atoms with E-state index in [1.807, 2.05) is 6.07 Å². The van der Waals surface area contributed by atoms with E-state index in [-0.39, 0.29) is 18.1 Å². The SMILES string of the molecule is N#Cc1cccc(-c2cc(-c3cn(Cc4ccccc4C(=O)O)nn3)nc(N)n2)c1. The van der Waals surface area contributed by atoms with Crippen LogP contribution in [0.3, 0.4) is 0 Å². The summed E-state index contributed by atoms with van der Waals surface area (Å²) in [5.74, 6) is -0.936. The van der Waals surface area contributed by atoms with Gasteiger partial charge in [0.25, 0.3) is 0 Å². The van der Waals surface area contributed by atoms with Crippen molar-refractivity contribution in [2.24, 2.45) is 0 Å². The Morgan fingerprint density at radius 1 is 1.07 bits per heavy atom. The van der Waals surface area contributed by atoms with Gasteiger partial charge in [-0.05, 0) is 29.8 Å². The van der Waals surface area contributed by atoms with Crippen LogP contribution in [0, 0.1) is 11.3 Å². The number of anilines is 1. The molecule has 2 heterocycles. The van der Waals surface area contributed by atoms with E-state index >= 15 is 0 Å². The Kier molecular flexibility index (Phi) is 4.88. The van der Waals surface area contributed by atoms with Crippen LogP contribution in [0.2, 0.25) is 0 Å². The molecule has 0 bridgehead atoms. The number of nitriles is 1. The Balaban J connectivity index is 1.66. The molecule has 0 amide bonds. The summed E-state index contributed by atoms with van der Waals surface area (Å²) in [5, 5.41) is 26.7. The zero-order valence-corrected chi connectivity index (χ0v) is 15.6. The van der Waals surface area contributed by atoms with Gasteiger partial charge >= 0.3 is 5.97 Å². The summed E-state index contributed by atoms with van der Waals surface area (Å²) in [5.41, 5.74) is 9.43. The molecule has 2 aromatic carbocycles. The molecule has 30 heavy (non-hydrogen) atoms. The average molecular weight is 397 g/mol. The van der Waals surface area contributed by atoms with Crippen LogP contribution in [0.15, 0.2) is 60.8 Å². The topological polar surface area (TPSA) is 144 Å². The highest BCUT2D eigenvalue weighted by atomic mass is 16.4. The van der Waals surface area contributed by atoms with Crippen molar-refractivity contribution in [3.8, 4) is 28.7 Å². The summed E-state index contributed by atoms with van der Waals surface area (Å²) in [4.78, 5) is 19.9. The maximum absolute atomic E-state index is 11.4. The van der Waals surface area contributed by atoms with Crippen molar-refractivity contribution in [2.75, 3.05) is 5.73 Å². The van der Waals surface area contributed by atoms with Gasteiger partial charge in [0.15, 0.2) is 0 Å². The fraction of sp³-hybridized carbons (Fsp3) is 0.0476. The number of nitrogens with zero attached hydrogens (tertiary/aromatic N) is 6. The lowest BCUT2D eigenvalue weighted by atomic mass is 10.1. The second-order valence-corrected chi connectivity index (χ2v) is 6.45. The molecule has 146 valence electrons. The van der Waals surface area contributed by atoms with Crippen LogP contribution in [-0.2, 0) is 6.54 Å². The molecule has 4 aromatic rings. The number of rotatable bonds is 5. The second kappa shape index (κ2) is 7.81. The summed E-state index contributed by atoms with van der Waals surface area (Å²) in [6.45, 7) is 0.243. The number of carboxylic acid groups (broad SMARTS) is 1. The Morgan fingerprint density at radius 3 is 2.67 bits per heavy atom. The molecule has 0 atom stereocenters. The number of carbonyl (C=O) groups is 1. The zero-order chi connectivity index (χ0) is 21.1. The normalized spacial score (nSPS) is 10.5. The number of nitrogen functional groups attached to an aromatic ring is 1. The highest BCUT2D eigenvalue weighted by Crippen LogP contribution is 2.24. The van der Waals surface area contributed by atoms with Crippen molar-refractivity contribution >= 4 is 11.9 Å². The van der Waals surface area contributed by atoms with Gasteiger partial charge in [0.05, 0.1) is 41.3 Å². The summed E-state index contributed by atoms with van der Waals surface area (Å²) >= 11 is 0. The number of benzene rings is 2. The van der Waals surface area contributed by atoms with Crippen molar-refractivity contribution in [3.05, 3.63) is 77.5 Å². The fourth-order valence-electron chi connectivity index (χ4n) is 3.03. The molecule has 2 aromatic heterocycles. The molecule has 0 aliphatic carbocycles. The van der Waals surface area contributed by atoms with Crippen molar-refractivity contribution in [3.63, 3.8) is 0 Å². The van der Waals surface area contributed by atoms with Crippen molar-refractivity contribution in [1.29, 1.82) is 5.26 Å². The standard InChI is InChI=1S/C21H15N7O2/c22-10-13-4-3-6-14(8-13)17-9-18(25-21(23)24-17)19-12-28(27-26-19)11-15-5-1-2-7-16(15)20(29)30/h1-9,12H,11H2,(H,29,30)(H2,23,24,25). The molecule has 0 saturated carbocycles. The predicted molar refractivity (Wildman–Crippen MR) is 108 cm³/mol. The van der Waals surface area contributed by atoms with Crippen LogP contribution in [0.5, 0.6) is 0 Å². The minimum Gasteiger partial charge on any atom is -0.478 e. The monoisotopic (exact) mass is 397 g/mol. The fourth-order valence-corrected chi connectivity index (χ4v) is 3.03.